The van der Waals surface area contributed by atoms with E-state index in [0.29, 0.717) is 37.4 Å². The maximum atomic E-state index is 13.5. The Balaban J connectivity index is 1.54. The summed E-state index contributed by atoms with van der Waals surface area (Å²) in [7, 11) is 0. The highest BCUT2D eigenvalue weighted by Crippen LogP contribution is 2.33. The molecule has 0 bridgehead atoms. The Kier molecular flexibility index (Phi) is 6.95. The highest BCUT2D eigenvalue weighted by Gasteiger charge is 2.42. The van der Waals surface area contributed by atoms with Crippen molar-refractivity contribution in [3.05, 3.63) is 65.5 Å². The molecule has 2 aromatic rings. The fraction of sp³-hybridized carbons (Fsp3) is 0.375. The third kappa shape index (κ3) is 5.39. The van der Waals surface area contributed by atoms with Crippen LogP contribution in [0.1, 0.15) is 24.1 Å². The summed E-state index contributed by atoms with van der Waals surface area (Å²) < 4.78 is 57.7. The number of nitrogens with zero attached hydrogens (tertiary/aromatic N) is 3. The van der Waals surface area contributed by atoms with E-state index < -0.39 is 41.4 Å². The van der Waals surface area contributed by atoms with Gasteiger partial charge in [0.15, 0.2) is 5.92 Å². The number of nitrogens with one attached hydrogen (secondary N) is 1. The van der Waals surface area contributed by atoms with Crippen LogP contribution >= 0.6 is 0 Å². The first-order valence-electron chi connectivity index (χ1n) is 11.2. The van der Waals surface area contributed by atoms with E-state index in [0.717, 1.165) is 12.1 Å². The Morgan fingerprint density at radius 2 is 1.74 bits per heavy atom. The minimum atomic E-state index is -4.43. The largest absolute Gasteiger partial charge is 0.465 e. The molecule has 1 N–H and O–H groups in total. The fourth-order valence-corrected chi connectivity index (χ4v) is 4.18. The Hall–Kier alpha value is -3.63. The number of aliphatic imine (C=N–C) groups is 1. The molecule has 2 aromatic carbocycles. The van der Waals surface area contributed by atoms with Crippen LogP contribution in [0.2, 0.25) is 0 Å². The quantitative estimate of drug-likeness (QED) is 0.403. The molecule has 0 aromatic heterocycles. The standard InChI is InChI=1S/C24H24F4N4O3/c1-2-35-22(34)19-20(15-6-8-17(25)9-7-15)29-23(30-21(19)33)32-12-10-31(11-13-32)18-5-3-4-16(14-18)24(26,27)28/h3-9,14,19-20H,2,10-13H2,1H3,(H,29,30,33)/t19-,20+/m1/s1. The molecular formula is C24H24F4N4O3. The van der Waals surface area contributed by atoms with Gasteiger partial charge < -0.3 is 14.5 Å². The van der Waals surface area contributed by atoms with Gasteiger partial charge in [-0.1, -0.05) is 18.2 Å². The number of anilines is 1. The lowest BCUT2D eigenvalue weighted by Crippen LogP contribution is -2.57. The number of piperazine rings is 1. The normalized spacial score (nSPS) is 20.8. The fourth-order valence-electron chi connectivity index (χ4n) is 4.18. The van der Waals surface area contributed by atoms with Crippen LogP contribution < -0.4 is 10.2 Å². The molecule has 0 spiro atoms. The number of ether oxygens (including phenoxy) is 1. The van der Waals surface area contributed by atoms with Gasteiger partial charge >= 0.3 is 12.1 Å². The van der Waals surface area contributed by atoms with E-state index in [-0.39, 0.29) is 12.6 Å². The summed E-state index contributed by atoms with van der Waals surface area (Å²) in [5, 5.41) is 2.67. The van der Waals surface area contributed by atoms with Gasteiger partial charge in [0.2, 0.25) is 11.9 Å². The summed E-state index contributed by atoms with van der Waals surface area (Å²) in [5.41, 5.74) is 0.230. The third-order valence-corrected chi connectivity index (χ3v) is 5.96. The number of amides is 1. The lowest BCUT2D eigenvalue weighted by molar-refractivity contribution is -0.153. The lowest BCUT2D eigenvalue weighted by atomic mass is 9.91. The molecule has 2 atom stereocenters. The van der Waals surface area contributed by atoms with E-state index in [1.54, 1.807) is 17.9 Å². The first-order chi connectivity index (χ1) is 16.7. The van der Waals surface area contributed by atoms with Crippen molar-refractivity contribution in [1.29, 1.82) is 0 Å². The number of guanidine groups is 1. The number of hydrogen-bond donors (Lipinski definition) is 1. The van der Waals surface area contributed by atoms with Crippen LogP contribution in [0.3, 0.4) is 0 Å². The van der Waals surface area contributed by atoms with Crippen molar-refractivity contribution in [3.63, 3.8) is 0 Å². The van der Waals surface area contributed by atoms with Crippen molar-refractivity contribution < 1.29 is 31.9 Å². The van der Waals surface area contributed by atoms with E-state index in [4.69, 9.17) is 4.74 Å². The predicted octanol–water partition coefficient (Wildman–Crippen LogP) is 3.37. The first kappa shape index (κ1) is 24.5. The van der Waals surface area contributed by atoms with Gasteiger partial charge in [-0.3, -0.25) is 14.9 Å². The highest BCUT2D eigenvalue weighted by atomic mass is 19.4. The molecule has 186 valence electrons. The smallest absolute Gasteiger partial charge is 0.416 e. The minimum absolute atomic E-state index is 0.0901. The predicted molar refractivity (Wildman–Crippen MR) is 120 cm³/mol. The number of carbonyl (C=O) groups excluding carboxylic acids is 2. The molecule has 1 saturated heterocycles. The van der Waals surface area contributed by atoms with Crippen molar-refractivity contribution in [3.8, 4) is 0 Å². The zero-order valence-electron chi connectivity index (χ0n) is 18.9. The number of halogens is 4. The van der Waals surface area contributed by atoms with E-state index in [9.17, 15) is 27.2 Å². The van der Waals surface area contributed by atoms with E-state index >= 15 is 0 Å². The highest BCUT2D eigenvalue weighted by molar-refractivity contribution is 6.08. The summed E-state index contributed by atoms with van der Waals surface area (Å²) in [6.45, 7) is 3.29. The number of rotatable bonds is 4. The molecule has 0 unspecified atom stereocenters. The second kappa shape index (κ2) is 9.93. The van der Waals surface area contributed by atoms with Crippen molar-refractivity contribution in [1.82, 2.24) is 10.2 Å². The maximum absolute atomic E-state index is 13.5. The first-order valence-corrected chi connectivity index (χ1v) is 11.2. The molecule has 1 amide bonds. The van der Waals surface area contributed by atoms with Crippen LogP contribution in [-0.4, -0.2) is 55.5 Å². The molecular weight excluding hydrogens is 468 g/mol. The van der Waals surface area contributed by atoms with Crippen LogP contribution in [0.5, 0.6) is 0 Å². The van der Waals surface area contributed by atoms with E-state index in [1.165, 1.54) is 30.3 Å². The summed E-state index contributed by atoms with van der Waals surface area (Å²) >= 11 is 0. The average Bonchev–Trinajstić information content (AvgIpc) is 2.84. The maximum Gasteiger partial charge on any atom is 0.416 e. The SMILES string of the molecule is CCOC(=O)[C@H]1C(=O)NC(N2CCN(c3cccc(C(F)(F)F)c3)CC2)=N[C@H]1c1ccc(F)cc1. The summed E-state index contributed by atoms with van der Waals surface area (Å²) in [6.07, 6.45) is -4.43. The van der Waals surface area contributed by atoms with Gasteiger partial charge in [-0.15, -0.1) is 0 Å². The van der Waals surface area contributed by atoms with Gasteiger partial charge in [-0.25, -0.2) is 9.38 Å². The van der Waals surface area contributed by atoms with Crippen molar-refractivity contribution in [2.24, 2.45) is 10.9 Å². The molecule has 2 aliphatic rings. The number of carbonyl (C=O) groups is 2. The second-order valence-electron chi connectivity index (χ2n) is 8.19. The van der Waals surface area contributed by atoms with Gasteiger partial charge in [0, 0.05) is 31.9 Å². The number of hydrogen-bond acceptors (Lipinski definition) is 6. The number of esters is 1. The van der Waals surface area contributed by atoms with E-state index in [1.807, 2.05) is 4.90 Å². The van der Waals surface area contributed by atoms with Gasteiger partial charge in [0.25, 0.3) is 0 Å². The van der Waals surface area contributed by atoms with Crippen LogP contribution in [0.25, 0.3) is 0 Å². The second-order valence-corrected chi connectivity index (χ2v) is 8.19. The number of alkyl halides is 3. The van der Waals surface area contributed by atoms with Crippen LogP contribution in [-0.2, 0) is 20.5 Å². The van der Waals surface area contributed by atoms with Crippen LogP contribution in [0.4, 0.5) is 23.2 Å². The van der Waals surface area contributed by atoms with Crippen LogP contribution in [0, 0.1) is 11.7 Å². The molecule has 2 heterocycles. The zero-order valence-corrected chi connectivity index (χ0v) is 18.9. The molecule has 7 nitrogen and oxygen atoms in total. The summed E-state index contributed by atoms with van der Waals surface area (Å²) in [6, 6.07) is 9.64. The molecule has 1 fully saturated rings. The molecule has 35 heavy (non-hydrogen) atoms. The average molecular weight is 492 g/mol. The van der Waals surface area contributed by atoms with Gasteiger partial charge in [0.1, 0.15) is 11.9 Å². The van der Waals surface area contributed by atoms with Crippen molar-refractivity contribution >= 4 is 23.5 Å². The molecule has 0 radical (unpaired) electrons. The molecule has 4 rings (SSSR count). The minimum Gasteiger partial charge on any atom is -0.465 e. The van der Waals surface area contributed by atoms with Gasteiger partial charge in [-0.05, 0) is 42.8 Å². The topological polar surface area (TPSA) is 74.2 Å². The Bertz CT molecular complexity index is 1110. The molecule has 0 aliphatic carbocycles. The molecule has 2 aliphatic heterocycles. The Morgan fingerprint density at radius 1 is 1.09 bits per heavy atom. The van der Waals surface area contributed by atoms with Gasteiger partial charge in [-0.2, -0.15) is 13.2 Å². The molecule has 11 heteroatoms. The Morgan fingerprint density at radius 3 is 2.37 bits per heavy atom. The monoisotopic (exact) mass is 492 g/mol. The van der Waals surface area contributed by atoms with Gasteiger partial charge in [0.05, 0.1) is 12.2 Å². The van der Waals surface area contributed by atoms with Crippen molar-refractivity contribution in [2.45, 2.75) is 19.1 Å². The summed E-state index contributed by atoms with van der Waals surface area (Å²) in [4.78, 5) is 33.7. The van der Waals surface area contributed by atoms with E-state index in [2.05, 4.69) is 10.3 Å². The zero-order chi connectivity index (χ0) is 25.2. The summed E-state index contributed by atoms with van der Waals surface area (Å²) in [5.74, 6) is -2.74. The third-order valence-electron chi connectivity index (χ3n) is 5.96. The lowest BCUT2D eigenvalue weighted by Gasteiger charge is -2.39. The van der Waals surface area contributed by atoms with Crippen LogP contribution in [0.15, 0.2) is 53.5 Å². The van der Waals surface area contributed by atoms with Crippen molar-refractivity contribution in [2.75, 3.05) is 37.7 Å². The Labute approximate surface area is 199 Å². The molecule has 0 saturated carbocycles. The number of benzene rings is 2.